The molecule has 33 heavy (non-hydrogen) atoms. The number of likely N-dealkylation sites (tertiary alicyclic amines) is 1. The maximum absolute atomic E-state index is 13.3. The monoisotopic (exact) mass is 466 g/mol. The van der Waals surface area contributed by atoms with Crippen molar-refractivity contribution in [1.82, 2.24) is 14.5 Å². The molecule has 0 unspecified atom stereocenters. The zero-order valence-corrected chi connectivity index (χ0v) is 19.8. The van der Waals surface area contributed by atoms with Crippen LogP contribution in [0.1, 0.15) is 49.1 Å². The number of nitrogens with zero attached hydrogens (tertiary/aromatic N) is 3. The van der Waals surface area contributed by atoms with Gasteiger partial charge >= 0.3 is 0 Å². The van der Waals surface area contributed by atoms with Crippen molar-refractivity contribution < 1.29 is 4.79 Å². The first-order chi connectivity index (χ1) is 15.5. The van der Waals surface area contributed by atoms with Crippen LogP contribution < -0.4 is 11.1 Å². The average Bonchev–Trinajstić information content (AvgIpc) is 3.57. The minimum atomic E-state index is -0.333. The van der Waals surface area contributed by atoms with Gasteiger partial charge in [0.2, 0.25) is 5.91 Å². The average molecular weight is 467 g/mol. The normalized spacial score (nSPS) is 16.8. The van der Waals surface area contributed by atoms with Gasteiger partial charge in [-0.25, -0.2) is 4.98 Å². The number of hydrogen-bond donors (Lipinski definition) is 3. The van der Waals surface area contributed by atoms with Gasteiger partial charge in [-0.1, -0.05) is 6.07 Å². The summed E-state index contributed by atoms with van der Waals surface area (Å²) >= 11 is 0. The molecule has 7 nitrogen and oxygen atoms in total. The van der Waals surface area contributed by atoms with Crippen LogP contribution in [0.5, 0.6) is 0 Å². The van der Waals surface area contributed by atoms with E-state index in [0.717, 1.165) is 66.9 Å². The number of amidine groups is 1. The van der Waals surface area contributed by atoms with Crippen molar-refractivity contribution >= 4 is 40.9 Å². The van der Waals surface area contributed by atoms with Crippen molar-refractivity contribution in [3.8, 4) is 0 Å². The number of anilines is 1. The molecule has 0 radical (unpaired) electrons. The third-order valence-corrected chi connectivity index (χ3v) is 6.98. The number of hydrogen-bond acceptors (Lipinski definition) is 4. The van der Waals surface area contributed by atoms with Crippen molar-refractivity contribution in [2.45, 2.75) is 44.1 Å². The lowest BCUT2D eigenvalue weighted by Gasteiger charge is -2.30. The molecule has 1 aliphatic heterocycles. The van der Waals surface area contributed by atoms with Crippen molar-refractivity contribution in [2.24, 2.45) is 12.8 Å². The van der Waals surface area contributed by atoms with E-state index in [1.807, 2.05) is 31.3 Å². The van der Waals surface area contributed by atoms with E-state index in [-0.39, 0.29) is 23.7 Å². The number of amides is 1. The Balaban J connectivity index is 0.00000259. The van der Waals surface area contributed by atoms with Gasteiger partial charge in [0.1, 0.15) is 11.7 Å². The van der Waals surface area contributed by atoms with Gasteiger partial charge in [-0.15, -0.1) is 12.4 Å². The number of fused-ring (bicyclic) bond motifs is 1. The zero-order valence-electron chi connectivity index (χ0n) is 18.9. The fourth-order valence-electron chi connectivity index (χ4n) is 4.80. The predicted octanol–water partition coefficient (Wildman–Crippen LogP) is 3.94. The number of rotatable bonds is 6. The van der Waals surface area contributed by atoms with Gasteiger partial charge in [-0.2, -0.15) is 0 Å². The van der Waals surface area contributed by atoms with Gasteiger partial charge in [0.25, 0.3) is 0 Å². The summed E-state index contributed by atoms with van der Waals surface area (Å²) in [6.07, 6.45) is 5.34. The molecule has 174 valence electrons. The molecule has 0 bridgehead atoms. The van der Waals surface area contributed by atoms with E-state index in [2.05, 4.69) is 33.0 Å². The Kier molecular flexibility index (Phi) is 6.34. The number of nitrogens with one attached hydrogen (secondary N) is 2. The van der Waals surface area contributed by atoms with Crippen molar-refractivity contribution in [2.75, 3.05) is 18.4 Å². The molecule has 5 rings (SSSR count). The van der Waals surface area contributed by atoms with Gasteiger partial charge in [0.05, 0.1) is 23.0 Å². The van der Waals surface area contributed by atoms with Crippen molar-refractivity contribution in [3.05, 3.63) is 59.4 Å². The summed E-state index contributed by atoms with van der Waals surface area (Å²) in [5, 5.41) is 10.9. The quantitative estimate of drug-likeness (QED) is 0.378. The number of imidazole rings is 1. The fourth-order valence-corrected chi connectivity index (χ4v) is 4.80. The Hall–Kier alpha value is -3.06. The number of carbonyl (C=O) groups is 1. The molecule has 0 atom stereocenters. The second-order valence-electron chi connectivity index (χ2n) is 9.07. The van der Waals surface area contributed by atoms with Gasteiger partial charge in [-0.05, 0) is 74.1 Å². The first-order valence-corrected chi connectivity index (χ1v) is 11.4. The minimum Gasteiger partial charge on any atom is -0.384 e. The zero-order chi connectivity index (χ0) is 22.3. The molecule has 2 fully saturated rings. The van der Waals surface area contributed by atoms with E-state index < -0.39 is 0 Å². The molecule has 1 amide bonds. The van der Waals surface area contributed by atoms with Crippen LogP contribution >= 0.6 is 12.4 Å². The highest BCUT2D eigenvalue weighted by atomic mass is 35.5. The number of halogens is 1. The highest BCUT2D eigenvalue weighted by molar-refractivity contribution is 5.95. The van der Waals surface area contributed by atoms with Gasteiger partial charge in [0, 0.05) is 31.4 Å². The smallest absolute Gasteiger partial charge is 0.233 e. The van der Waals surface area contributed by atoms with E-state index in [4.69, 9.17) is 16.1 Å². The van der Waals surface area contributed by atoms with Crippen LogP contribution in [-0.4, -0.2) is 39.3 Å². The van der Waals surface area contributed by atoms with E-state index in [1.165, 1.54) is 6.42 Å². The van der Waals surface area contributed by atoms with Crippen LogP contribution in [0.4, 0.5) is 5.69 Å². The van der Waals surface area contributed by atoms with E-state index in [9.17, 15) is 4.79 Å². The molecule has 0 spiro atoms. The number of aromatic nitrogens is 2. The predicted molar refractivity (Wildman–Crippen MR) is 134 cm³/mol. The second-order valence-corrected chi connectivity index (χ2v) is 9.07. The highest BCUT2D eigenvalue weighted by Gasteiger charge is 2.53. The SMILES string of the molecule is Cl.Cn1c(CNc2ccc(C(=N)N)cc2)nc2cc(C3(C(=O)N4CCCCC4)CC3)ccc21. The topological polar surface area (TPSA) is 100 Å². The van der Waals surface area contributed by atoms with Crippen LogP contribution in [0.2, 0.25) is 0 Å². The van der Waals surface area contributed by atoms with Crippen LogP contribution in [0, 0.1) is 5.41 Å². The lowest BCUT2D eigenvalue weighted by Crippen LogP contribution is -2.42. The van der Waals surface area contributed by atoms with Crippen LogP contribution in [-0.2, 0) is 23.8 Å². The molecular weight excluding hydrogens is 436 g/mol. The maximum Gasteiger partial charge on any atom is 0.233 e. The molecule has 2 heterocycles. The van der Waals surface area contributed by atoms with Crippen LogP contribution in [0.25, 0.3) is 11.0 Å². The summed E-state index contributed by atoms with van der Waals surface area (Å²) in [7, 11) is 2.02. The summed E-state index contributed by atoms with van der Waals surface area (Å²) in [5.74, 6) is 1.30. The molecule has 1 aliphatic carbocycles. The highest BCUT2D eigenvalue weighted by Crippen LogP contribution is 2.50. The third kappa shape index (κ3) is 4.29. The first kappa shape index (κ1) is 23.1. The number of aryl methyl sites for hydroxylation is 1. The second kappa shape index (κ2) is 9.06. The Labute approximate surface area is 200 Å². The summed E-state index contributed by atoms with van der Waals surface area (Å²) in [6, 6.07) is 13.8. The lowest BCUT2D eigenvalue weighted by molar-refractivity contribution is -0.134. The number of benzene rings is 2. The standard InChI is InChI=1S/C25H30N6O.ClH/c1-30-21-10-7-18(25(11-12-25)24(32)31-13-3-2-4-14-31)15-20(21)29-22(30)16-28-19-8-5-17(6-9-19)23(26)27;/h5-10,15,28H,2-4,11-14,16H2,1H3,(H3,26,27);1H. The molecule has 8 heteroatoms. The number of nitrogen functional groups attached to an aromatic ring is 1. The molecule has 2 aliphatic rings. The summed E-state index contributed by atoms with van der Waals surface area (Å²) < 4.78 is 2.10. The number of nitrogens with two attached hydrogens (primary N) is 1. The Bertz CT molecular complexity index is 1180. The lowest BCUT2D eigenvalue weighted by atomic mass is 9.93. The largest absolute Gasteiger partial charge is 0.384 e. The summed E-state index contributed by atoms with van der Waals surface area (Å²) in [4.78, 5) is 20.2. The molecule has 1 saturated heterocycles. The van der Waals surface area contributed by atoms with Crippen LogP contribution in [0.15, 0.2) is 42.5 Å². The Morgan fingerprint density at radius 3 is 2.45 bits per heavy atom. The van der Waals surface area contributed by atoms with Gasteiger partial charge < -0.3 is 20.5 Å². The molecule has 4 N–H and O–H groups in total. The molecule has 1 saturated carbocycles. The van der Waals surface area contributed by atoms with Gasteiger partial charge in [-0.3, -0.25) is 10.2 Å². The third-order valence-electron chi connectivity index (χ3n) is 6.98. The molecule has 1 aromatic heterocycles. The summed E-state index contributed by atoms with van der Waals surface area (Å²) in [6.45, 7) is 2.38. The summed E-state index contributed by atoms with van der Waals surface area (Å²) in [5.41, 5.74) is 9.96. The number of piperidine rings is 1. The van der Waals surface area contributed by atoms with E-state index in [0.29, 0.717) is 18.0 Å². The molecule has 2 aromatic carbocycles. The van der Waals surface area contributed by atoms with Crippen LogP contribution in [0.3, 0.4) is 0 Å². The van der Waals surface area contributed by atoms with E-state index >= 15 is 0 Å². The van der Waals surface area contributed by atoms with E-state index in [1.54, 1.807) is 0 Å². The maximum atomic E-state index is 13.3. The minimum absolute atomic E-state index is 0. The van der Waals surface area contributed by atoms with Crippen molar-refractivity contribution in [1.29, 1.82) is 5.41 Å². The molecule has 3 aromatic rings. The van der Waals surface area contributed by atoms with Gasteiger partial charge in [0.15, 0.2) is 0 Å². The number of carbonyl (C=O) groups excluding carboxylic acids is 1. The van der Waals surface area contributed by atoms with Crippen molar-refractivity contribution in [3.63, 3.8) is 0 Å². The first-order valence-electron chi connectivity index (χ1n) is 11.4. The fraction of sp³-hybridized carbons (Fsp3) is 0.400. The Morgan fingerprint density at radius 1 is 1.12 bits per heavy atom. The Morgan fingerprint density at radius 2 is 1.82 bits per heavy atom. The molecular formula is C25H31ClN6O.